The molecule has 1 aromatic carbocycles. The zero-order valence-corrected chi connectivity index (χ0v) is 6.93. The minimum Gasteiger partial charge on any atom is -0.366 e. The summed E-state index contributed by atoms with van der Waals surface area (Å²) in [7, 11) is 0. The molecule has 0 fully saturated rings. The van der Waals surface area contributed by atoms with Gasteiger partial charge in [0.1, 0.15) is 11.6 Å². The Morgan fingerprint density at radius 3 is 2.64 bits per heavy atom. The smallest absolute Gasteiger partial charge is 0.287 e. The van der Waals surface area contributed by atoms with Crippen molar-refractivity contribution in [3.05, 3.63) is 39.4 Å². The van der Waals surface area contributed by atoms with Crippen molar-refractivity contribution in [2.45, 2.75) is 0 Å². The second kappa shape index (κ2) is 3.53. The number of rotatable bonds is 2. The highest BCUT2D eigenvalue weighted by Gasteiger charge is 2.19. The first kappa shape index (κ1) is 9.67. The van der Waals surface area contributed by atoms with E-state index in [4.69, 9.17) is 11.0 Å². The minimum absolute atomic E-state index is 0.137. The Hall–Kier alpha value is -2.42. The van der Waals surface area contributed by atoms with Crippen LogP contribution in [0.15, 0.2) is 18.2 Å². The van der Waals surface area contributed by atoms with E-state index in [9.17, 15) is 14.9 Å². The Kier molecular flexibility index (Phi) is 2.44. The molecule has 6 heteroatoms. The van der Waals surface area contributed by atoms with Crippen LogP contribution in [0.3, 0.4) is 0 Å². The van der Waals surface area contributed by atoms with Gasteiger partial charge in [-0.3, -0.25) is 14.9 Å². The van der Waals surface area contributed by atoms with E-state index in [1.165, 1.54) is 12.1 Å². The van der Waals surface area contributed by atoms with Crippen LogP contribution in [0.1, 0.15) is 15.9 Å². The maximum atomic E-state index is 10.8. The highest BCUT2D eigenvalue weighted by atomic mass is 16.6. The van der Waals surface area contributed by atoms with Gasteiger partial charge in [0, 0.05) is 6.07 Å². The van der Waals surface area contributed by atoms with E-state index in [-0.39, 0.29) is 11.1 Å². The minimum atomic E-state index is -0.856. The molecule has 70 valence electrons. The summed E-state index contributed by atoms with van der Waals surface area (Å²) >= 11 is 0. The number of nitro groups is 1. The van der Waals surface area contributed by atoms with Gasteiger partial charge in [0.05, 0.1) is 10.5 Å². The summed E-state index contributed by atoms with van der Waals surface area (Å²) in [5.41, 5.74) is 4.10. The van der Waals surface area contributed by atoms with E-state index in [1.807, 2.05) is 0 Å². The fourth-order valence-corrected chi connectivity index (χ4v) is 1.02. The van der Waals surface area contributed by atoms with Gasteiger partial charge < -0.3 is 5.73 Å². The third kappa shape index (κ3) is 1.51. The molecule has 1 rings (SSSR count). The molecule has 6 nitrogen and oxygen atoms in total. The summed E-state index contributed by atoms with van der Waals surface area (Å²) < 4.78 is 0. The van der Waals surface area contributed by atoms with Gasteiger partial charge in [0.25, 0.3) is 5.69 Å². The van der Waals surface area contributed by atoms with Crippen LogP contribution in [0.5, 0.6) is 0 Å². The Bertz CT molecular complexity index is 415. The molecule has 0 saturated heterocycles. The number of nitrogens with zero attached hydrogens (tertiary/aromatic N) is 2. The SMILES string of the molecule is N#Cc1c(C(N)=O)cccc1[N+](=O)[O-]. The number of hydrogen-bond acceptors (Lipinski definition) is 4. The number of carbonyl (C=O) groups excluding carboxylic acids is 1. The summed E-state index contributed by atoms with van der Waals surface area (Å²) in [6.45, 7) is 0. The van der Waals surface area contributed by atoms with Crippen LogP contribution in [-0.2, 0) is 0 Å². The van der Waals surface area contributed by atoms with Gasteiger partial charge in [-0.25, -0.2) is 0 Å². The monoisotopic (exact) mass is 191 g/mol. The summed E-state index contributed by atoms with van der Waals surface area (Å²) in [5.74, 6) is -0.856. The predicted molar refractivity (Wildman–Crippen MR) is 46.3 cm³/mol. The molecule has 0 aromatic heterocycles. The molecule has 14 heavy (non-hydrogen) atoms. The number of nitrogens with two attached hydrogens (primary N) is 1. The first-order valence-electron chi connectivity index (χ1n) is 3.55. The number of nitro benzene ring substituents is 1. The zero-order chi connectivity index (χ0) is 10.7. The van der Waals surface area contributed by atoms with Crippen LogP contribution < -0.4 is 5.73 Å². The van der Waals surface area contributed by atoms with Gasteiger partial charge in [-0.1, -0.05) is 6.07 Å². The lowest BCUT2D eigenvalue weighted by molar-refractivity contribution is -0.385. The van der Waals surface area contributed by atoms with Crippen molar-refractivity contribution in [2.24, 2.45) is 5.73 Å². The molecule has 1 aromatic rings. The van der Waals surface area contributed by atoms with Crippen molar-refractivity contribution in [2.75, 3.05) is 0 Å². The van der Waals surface area contributed by atoms with E-state index in [0.717, 1.165) is 6.07 Å². The number of primary amides is 1. The summed E-state index contributed by atoms with van der Waals surface area (Å²) in [5, 5.41) is 19.1. The summed E-state index contributed by atoms with van der Waals surface area (Å²) in [6.07, 6.45) is 0. The predicted octanol–water partition coefficient (Wildman–Crippen LogP) is 0.565. The van der Waals surface area contributed by atoms with Gasteiger partial charge in [-0.15, -0.1) is 0 Å². The lowest BCUT2D eigenvalue weighted by Gasteiger charge is -1.98. The van der Waals surface area contributed by atoms with Crippen LogP contribution in [-0.4, -0.2) is 10.8 Å². The van der Waals surface area contributed by atoms with Gasteiger partial charge >= 0.3 is 0 Å². The van der Waals surface area contributed by atoms with Crippen molar-refractivity contribution in [3.8, 4) is 6.07 Å². The molecule has 0 heterocycles. The highest BCUT2D eigenvalue weighted by Crippen LogP contribution is 2.20. The molecule has 0 unspecified atom stereocenters. The third-order valence-corrected chi connectivity index (χ3v) is 1.62. The molecule has 0 radical (unpaired) electrons. The summed E-state index contributed by atoms with van der Waals surface area (Å²) in [6, 6.07) is 5.30. The number of amides is 1. The second-order valence-electron chi connectivity index (χ2n) is 2.43. The highest BCUT2D eigenvalue weighted by molar-refractivity contribution is 5.96. The van der Waals surface area contributed by atoms with Crippen LogP contribution in [0.25, 0.3) is 0 Å². The molecular weight excluding hydrogens is 186 g/mol. The van der Waals surface area contributed by atoms with Crippen LogP contribution in [0.2, 0.25) is 0 Å². The Morgan fingerprint density at radius 2 is 2.21 bits per heavy atom. The largest absolute Gasteiger partial charge is 0.366 e. The Labute approximate surface area is 78.7 Å². The standard InChI is InChI=1S/C8H5N3O3/c9-4-6-5(8(10)12)2-1-3-7(6)11(13)14/h1-3H,(H2,10,12). The maximum absolute atomic E-state index is 10.8. The number of hydrogen-bond donors (Lipinski definition) is 1. The lowest BCUT2D eigenvalue weighted by Crippen LogP contribution is -2.13. The number of carbonyl (C=O) groups is 1. The molecule has 0 bridgehead atoms. The fraction of sp³-hybridized carbons (Fsp3) is 0. The van der Waals surface area contributed by atoms with Gasteiger partial charge in [-0.2, -0.15) is 5.26 Å². The average molecular weight is 191 g/mol. The van der Waals surface area contributed by atoms with E-state index >= 15 is 0 Å². The molecular formula is C8H5N3O3. The zero-order valence-electron chi connectivity index (χ0n) is 6.93. The van der Waals surface area contributed by atoms with Crippen LogP contribution in [0, 0.1) is 21.4 Å². The van der Waals surface area contributed by atoms with Gasteiger partial charge in [0.2, 0.25) is 5.91 Å². The van der Waals surface area contributed by atoms with E-state index < -0.39 is 16.5 Å². The van der Waals surface area contributed by atoms with Crippen molar-refractivity contribution >= 4 is 11.6 Å². The molecule has 2 N–H and O–H groups in total. The Balaban J connectivity index is 3.50. The lowest BCUT2D eigenvalue weighted by atomic mass is 10.1. The first-order valence-corrected chi connectivity index (χ1v) is 3.55. The van der Waals surface area contributed by atoms with Crippen molar-refractivity contribution < 1.29 is 9.72 Å². The second-order valence-corrected chi connectivity index (χ2v) is 2.43. The van der Waals surface area contributed by atoms with Crippen molar-refractivity contribution in [3.63, 3.8) is 0 Å². The van der Waals surface area contributed by atoms with E-state index in [2.05, 4.69) is 0 Å². The first-order chi connectivity index (χ1) is 6.57. The fourth-order valence-electron chi connectivity index (χ4n) is 1.02. The molecule has 0 spiro atoms. The van der Waals surface area contributed by atoms with E-state index in [0.29, 0.717) is 0 Å². The molecule has 0 aliphatic heterocycles. The average Bonchev–Trinajstić information content (AvgIpc) is 2.16. The van der Waals surface area contributed by atoms with Gasteiger partial charge in [-0.05, 0) is 6.07 Å². The molecule has 0 atom stereocenters. The van der Waals surface area contributed by atoms with Crippen LogP contribution in [0.4, 0.5) is 5.69 Å². The number of benzene rings is 1. The topological polar surface area (TPSA) is 110 Å². The van der Waals surface area contributed by atoms with Crippen LogP contribution >= 0.6 is 0 Å². The third-order valence-electron chi connectivity index (χ3n) is 1.62. The van der Waals surface area contributed by atoms with Gasteiger partial charge in [0.15, 0.2) is 0 Å². The van der Waals surface area contributed by atoms with Crippen molar-refractivity contribution in [1.29, 1.82) is 5.26 Å². The maximum Gasteiger partial charge on any atom is 0.287 e. The molecule has 0 aliphatic rings. The summed E-state index contributed by atoms with van der Waals surface area (Å²) in [4.78, 5) is 20.5. The quantitative estimate of drug-likeness (QED) is 0.543. The Morgan fingerprint density at radius 1 is 1.57 bits per heavy atom. The molecule has 1 amide bonds. The molecule has 0 aliphatic carbocycles. The normalized spacial score (nSPS) is 9.07. The number of nitriles is 1. The van der Waals surface area contributed by atoms with E-state index in [1.54, 1.807) is 6.07 Å². The van der Waals surface area contributed by atoms with Crippen molar-refractivity contribution in [1.82, 2.24) is 0 Å². The molecule has 0 saturated carbocycles.